The van der Waals surface area contributed by atoms with Crippen molar-refractivity contribution in [2.45, 2.75) is 26.7 Å². The highest BCUT2D eigenvalue weighted by atomic mass is 16.6. The van der Waals surface area contributed by atoms with Crippen molar-refractivity contribution >= 4 is 23.5 Å². The van der Waals surface area contributed by atoms with Crippen molar-refractivity contribution in [2.24, 2.45) is 0 Å². The molecule has 0 heterocycles. The lowest BCUT2D eigenvalue weighted by Gasteiger charge is -2.10. The number of hydrogen-bond donors (Lipinski definition) is 0. The van der Waals surface area contributed by atoms with Gasteiger partial charge in [-0.25, -0.2) is 0 Å². The normalized spacial score (nSPS) is 9.92. The number of rotatable bonds is 12. The Balaban J connectivity index is 2.25. The number of ether oxygens (including phenoxy) is 4. The third kappa shape index (κ3) is 10.1. The van der Waals surface area contributed by atoms with E-state index in [1.54, 1.807) is 24.3 Å². The molecule has 8 nitrogen and oxygen atoms in total. The van der Waals surface area contributed by atoms with E-state index in [0.717, 1.165) is 0 Å². The van der Waals surface area contributed by atoms with Crippen LogP contribution in [0.3, 0.4) is 0 Å². The zero-order valence-corrected chi connectivity index (χ0v) is 14.8. The first-order valence-corrected chi connectivity index (χ1v) is 8.02. The Hall–Kier alpha value is -2.90. The summed E-state index contributed by atoms with van der Waals surface area (Å²) >= 11 is 0. The second-order valence-electron chi connectivity index (χ2n) is 5.37. The van der Waals surface area contributed by atoms with Crippen LogP contribution in [0.15, 0.2) is 24.3 Å². The number of hydrogen-bond acceptors (Lipinski definition) is 8. The molecule has 1 rings (SSSR count). The maximum atomic E-state index is 11.2. The van der Waals surface area contributed by atoms with Crippen LogP contribution in [0.4, 0.5) is 0 Å². The first-order chi connectivity index (χ1) is 12.4. The molecule has 0 aromatic heterocycles. The maximum absolute atomic E-state index is 11.2. The third-order valence-corrected chi connectivity index (χ3v) is 2.82. The number of Topliss-reactive ketones (excluding diaryl/α,β-unsaturated/α-hetero) is 2. The highest BCUT2D eigenvalue weighted by Gasteiger charge is 2.07. The summed E-state index contributed by atoms with van der Waals surface area (Å²) in [5.41, 5.74) is 0. The molecule has 0 aliphatic rings. The van der Waals surface area contributed by atoms with Gasteiger partial charge in [-0.15, -0.1) is 0 Å². The summed E-state index contributed by atoms with van der Waals surface area (Å²) < 4.78 is 20.5. The number of esters is 2. The fourth-order valence-electron chi connectivity index (χ4n) is 1.79. The minimum Gasteiger partial charge on any atom is -0.490 e. The first-order valence-electron chi connectivity index (χ1n) is 8.02. The van der Waals surface area contributed by atoms with Crippen molar-refractivity contribution in [1.82, 2.24) is 0 Å². The molecular weight excluding hydrogens is 344 g/mol. The van der Waals surface area contributed by atoms with Gasteiger partial charge in [0.1, 0.15) is 62.3 Å². The average molecular weight is 366 g/mol. The van der Waals surface area contributed by atoms with Crippen LogP contribution < -0.4 is 9.47 Å². The van der Waals surface area contributed by atoms with Crippen LogP contribution in [0.1, 0.15) is 26.7 Å². The van der Waals surface area contributed by atoms with Crippen molar-refractivity contribution in [3.63, 3.8) is 0 Å². The fourth-order valence-corrected chi connectivity index (χ4v) is 1.79. The van der Waals surface area contributed by atoms with Crippen LogP contribution in [-0.2, 0) is 28.7 Å². The lowest BCUT2D eigenvalue weighted by Crippen LogP contribution is -2.14. The van der Waals surface area contributed by atoms with Gasteiger partial charge >= 0.3 is 11.9 Å². The van der Waals surface area contributed by atoms with Crippen molar-refractivity contribution in [1.29, 1.82) is 0 Å². The fraction of sp³-hybridized carbons (Fsp3) is 0.444. The molecule has 0 unspecified atom stereocenters. The number of carbonyl (C=O) groups excluding carboxylic acids is 4. The molecule has 26 heavy (non-hydrogen) atoms. The molecule has 0 aliphatic heterocycles. The Morgan fingerprint density at radius 1 is 0.731 bits per heavy atom. The van der Waals surface area contributed by atoms with Gasteiger partial charge in [0.05, 0.1) is 0 Å². The highest BCUT2D eigenvalue weighted by molar-refractivity contribution is 5.94. The first kappa shape index (κ1) is 21.1. The van der Waals surface area contributed by atoms with Gasteiger partial charge in [-0.2, -0.15) is 0 Å². The quantitative estimate of drug-likeness (QED) is 0.311. The molecule has 0 aliphatic carbocycles. The van der Waals surface area contributed by atoms with E-state index in [2.05, 4.69) is 0 Å². The minimum absolute atomic E-state index is 0.0311. The van der Waals surface area contributed by atoms with E-state index < -0.39 is 11.9 Å². The van der Waals surface area contributed by atoms with Gasteiger partial charge in [0.15, 0.2) is 0 Å². The van der Waals surface area contributed by atoms with Crippen LogP contribution in [0.5, 0.6) is 11.5 Å². The van der Waals surface area contributed by atoms with Crippen molar-refractivity contribution < 1.29 is 38.1 Å². The lowest BCUT2D eigenvalue weighted by molar-refractivity contribution is -0.147. The van der Waals surface area contributed by atoms with Crippen LogP contribution >= 0.6 is 0 Å². The maximum Gasteiger partial charge on any atom is 0.313 e. The van der Waals surface area contributed by atoms with Gasteiger partial charge in [0.25, 0.3) is 0 Å². The second-order valence-corrected chi connectivity index (χ2v) is 5.37. The van der Waals surface area contributed by atoms with Crippen molar-refractivity contribution in [3.8, 4) is 11.5 Å². The summed E-state index contributed by atoms with van der Waals surface area (Å²) in [5.74, 6) is -0.659. The smallest absolute Gasteiger partial charge is 0.313 e. The minimum atomic E-state index is -0.586. The molecule has 0 saturated heterocycles. The van der Waals surface area contributed by atoms with Crippen LogP contribution in [0.2, 0.25) is 0 Å². The Morgan fingerprint density at radius 2 is 1.15 bits per heavy atom. The summed E-state index contributed by atoms with van der Waals surface area (Å²) in [6, 6.07) is 6.76. The standard InChI is InChI=1S/C18H22O8/c1-13(19)10-17(21)25-8-6-23-15-4-3-5-16(12-15)24-7-9-26-18(22)11-14(2)20/h3-5,12H,6-11H2,1-2H3. The van der Waals surface area contributed by atoms with E-state index >= 15 is 0 Å². The van der Waals surface area contributed by atoms with Gasteiger partial charge in [-0.3, -0.25) is 19.2 Å². The zero-order valence-electron chi connectivity index (χ0n) is 14.8. The summed E-state index contributed by atoms with van der Waals surface area (Å²) in [7, 11) is 0. The monoisotopic (exact) mass is 366 g/mol. The SMILES string of the molecule is CC(=O)CC(=O)OCCOc1cccc(OCCOC(=O)CC(C)=O)c1. The summed E-state index contributed by atoms with van der Waals surface area (Å²) in [6.07, 6.45) is -0.499. The van der Waals surface area contributed by atoms with Crippen LogP contribution in [0, 0.1) is 0 Å². The molecule has 0 saturated carbocycles. The van der Waals surface area contributed by atoms with Crippen molar-refractivity contribution in [2.75, 3.05) is 26.4 Å². The van der Waals surface area contributed by atoms with E-state index in [0.29, 0.717) is 11.5 Å². The van der Waals surface area contributed by atoms with Crippen LogP contribution in [0.25, 0.3) is 0 Å². The molecule has 142 valence electrons. The number of carbonyl (C=O) groups is 4. The van der Waals surface area contributed by atoms with E-state index in [9.17, 15) is 19.2 Å². The van der Waals surface area contributed by atoms with E-state index in [4.69, 9.17) is 18.9 Å². The third-order valence-electron chi connectivity index (χ3n) is 2.82. The molecule has 0 amide bonds. The topological polar surface area (TPSA) is 105 Å². The predicted molar refractivity (Wildman–Crippen MR) is 89.9 cm³/mol. The predicted octanol–water partition coefficient (Wildman–Crippen LogP) is 1.49. The molecule has 0 bridgehead atoms. The molecular formula is C18H22O8. The Bertz CT molecular complexity index is 587. The Labute approximate surface area is 151 Å². The summed E-state index contributed by atoms with van der Waals surface area (Å²) in [4.78, 5) is 43.9. The number of ketones is 2. The molecule has 1 aromatic carbocycles. The molecule has 0 N–H and O–H groups in total. The van der Waals surface area contributed by atoms with Gasteiger partial charge in [0, 0.05) is 6.07 Å². The van der Waals surface area contributed by atoms with Crippen molar-refractivity contribution in [3.05, 3.63) is 24.3 Å². The Kier molecular flexibility index (Phi) is 9.45. The average Bonchev–Trinajstić information content (AvgIpc) is 2.55. The molecule has 0 fully saturated rings. The number of benzene rings is 1. The molecule has 1 aromatic rings. The largest absolute Gasteiger partial charge is 0.490 e. The molecule has 8 heteroatoms. The Morgan fingerprint density at radius 3 is 1.54 bits per heavy atom. The van der Waals surface area contributed by atoms with Crippen LogP contribution in [-0.4, -0.2) is 49.9 Å². The van der Waals surface area contributed by atoms with Gasteiger partial charge in [-0.1, -0.05) is 6.07 Å². The molecule has 0 spiro atoms. The zero-order chi connectivity index (χ0) is 19.4. The second kappa shape index (κ2) is 11.6. The highest BCUT2D eigenvalue weighted by Crippen LogP contribution is 2.19. The lowest BCUT2D eigenvalue weighted by atomic mass is 10.3. The van der Waals surface area contributed by atoms with E-state index in [-0.39, 0.29) is 50.8 Å². The van der Waals surface area contributed by atoms with Gasteiger partial charge < -0.3 is 18.9 Å². The van der Waals surface area contributed by atoms with E-state index in [1.165, 1.54) is 13.8 Å². The summed E-state index contributed by atoms with van der Waals surface area (Å²) in [5, 5.41) is 0. The summed E-state index contributed by atoms with van der Waals surface area (Å²) in [6.45, 7) is 2.96. The molecule has 0 radical (unpaired) electrons. The van der Waals surface area contributed by atoms with Gasteiger partial charge in [0.2, 0.25) is 0 Å². The van der Waals surface area contributed by atoms with Gasteiger partial charge in [-0.05, 0) is 26.0 Å². The van der Waals surface area contributed by atoms with E-state index in [1.807, 2.05) is 0 Å². The molecule has 0 atom stereocenters.